The predicted octanol–water partition coefficient (Wildman–Crippen LogP) is 2.57. The first-order chi connectivity index (χ1) is 12.9. The Morgan fingerprint density at radius 2 is 2.04 bits per heavy atom. The Labute approximate surface area is 162 Å². The average molecular weight is 378 g/mol. The molecule has 1 amide bonds. The van der Waals surface area contributed by atoms with Gasteiger partial charge in [0.1, 0.15) is 0 Å². The van der Waals surface area contributed by atoms with Crippen LogP contribution in [-0.4, -0.2) is 64.2 Å². The minimum atomic E-state index is -0.0419. The molecule has 1 aromatic rings. The zero-order valence-electron chi connectivity index (χ0n) is 17.5. The molecule has 7 nitrogen and oxygen atoms in total. The predicted molar refractivity (Wildman–Crippen MR) is 105 cm³/mol. The third kappa shape index (κ3) is 3.76. The summed E-state index contributed by atoms with van der Waals surface area (Å²) in [5.41, 5.74) is 1.36. The molecule has 7 heteroatoms. The van der Waals surface area contributed by atoms with Gasteiger partial charge >= 0.3 is 0 Å². The molecule has 0 radical (unpaired) electrons. The number of rotatable bonds is 7. The van der Waals surface area contributed by atoms with Gasteiger partial charge in [0.25, 0.3) is 5.91 Å². The van der Waals surface area contributed by atoms with Gasteiger partial charge in [-0.15, -0.1) is 5.10 Å². The van der Waals surface area contributed by atoms with Crippen LogP contribution in [0.3, 0.4) is 0 Å². The first-order valence-electron chi connectivity index (χ1n) is 10.5. The number of piperidine rings is 1. The minimum absolute atomic E-state index is 0.0163. The lowest BCUT2D eigenvalue weighted by Crippen LogP contribution is -2.63. The molecule has 2 fully saturated rings. The number of amides is 1. The number of carbonyl (C=O) groups is 1. The summed E-state index contributed by atoms with van der Waals surface area (Å²) in [5, 5.41) is 12.0. The highest BCUT2D eigenvalue weighted by Gasteiger charge is 2.53. The largest absolute Gasteiger partial charge is 0.378 e. The maximum atomic E-state index is 13.4. The van der Waals surface area contributed by atoms with E-state index in [0.29, 0.717) is 18.3 Å². The Hall–Kier alpha value is -1.47. The van der Waals surface area contributed by atoms with E-state index < -0.39 is 0 Å². The van der Waals surface area contributed by atoms with Crippen molar-refractivity contribution in [2.24, 2.45) is 5.41 Å². The molecule has 27 heavy (non-hydrogen) atoms. The topological polar surface area (TPSA) is 72.3 Å². The van der Waals surface area contributed by atoms with Gasteiger partial charge in [0.05, 0.1) is 17.8 Å². The number of hydrogen-bond donors (Lipinski definition) is 1. The van der Waals surface area contributed by atoms with Crippen LogP contribution in [0.25, 0.3) is 0 Å². The fourth-order valence-electron chi connectivity index (χ4n) is 4.59. The van der Waals surface area contributed by atoms with E-state index in [0.717, 1.165) is 51.0 Å². The van der Waals surface area contributed by atoms with Crippen molar-refractivity contribution in [3.63, 3.8) is 0 Å². The standard InChI is InChI=1S/C20H35N5O2/c1-6-12-24(16-13-17(27-7-2)20(16,4)5)19(26)18-14(3)25(23-22-18)15-8-10-21-11-9-15/h15-17,21H,6-13H2,1-5H3/t16-,17+/m0/s1. The van der Waals surface area contributed by atoms with E-state index in [-0.39, 0.29) is 23.5 Å². The van der Waals surface area contributed by atoms with Crippen LogP contribution >= 0.6 is 0 Å². The molecule has 0 bridgehead atoms. The summed E-state index contributed by atoms with van der Waals surface area (Å²) in [6, 6.07) is 0.521. The van der Waals surface area contributed by atoms with Gasteiger partial charge < -0.3 is 15.0 Å². The highest BCUT2D eigenvalue weighted by molar-refractivity contribution is 5.93. The minimum Gasteiger partial charge on any atom is -0.378 e. The van der Waals surface area contributed by atoms with E-state index in [4.69, 9.17) is 4.74 Å². The van der Waals surface area contributed by atoms with E-state index >= 15 is 0 Å². The van der Waals surface area contributed by atoms with E-state index in [1.807, 2.05) is 23.4 Å². The summed E-state index contributed by atoms with van der Waals surface area (Å²) >= 11 is 0. The van der Waals surface area contributed by atoms with Crippen molar-refractivity contribution >= 4 is 5.91 Å². The lowest BCUT2D eigenvalue weighted by molar-refractivity contribution is -0.140. The van der Waals surface area contributed by atoms with Crippen LogP contribution in [0.15, 0.2) is 0 Å². The zero-order valence-corrected chi connectivity index (χ0v) is 17.5. The summed E-state index contributed by atoms with van der Waals surface area (Å²) in [4.78, 5) is 15.4. The van der Waals surface area contributed by atoms with Crippen LogP contribution in [0.2, 0.25) is 0 Å². The highest BCUT2D eigenvalue weighted by atomic mass is 16.5. The van der Waals surface area contributed by atoms with E-state index in [2.05, 4.69) is 36.4 Å². The first-order valence-corrected chi connectivity index (χ1v) is 10.5. The van der Waals surface area contributed by atoms with E-state index in [9.17, 15) is 4.79 Å². The van der Waals surface area contributed by atoms with Crippen LogP contribution in [0, 0.1) is 12.3 Å². The van der Waals surface area contributed by atoms with Crippen molar-refractivity contribution in [2.45, 2.75) is 78.5 Å². The summed E-state index contributed by atoms with van der Waals surface area (Å²) in [5.74, 6) is 0.0163. The van der Waals surface area contributed by atoms with Crippen molar-refractivity contribution in [2.75, 3.05) is 26.2 Å². The molecule has 1 N–H and O–H groups in total. The maximum Gasteiger partial charge on any atom is 0.276 e. The second-order valence-corrected chi connectivity index (χ2v) is 8.46. The maximum absolute atomic E-state index is 13.4. The molecule has 0 spiro atoms. The smallest absolute Gasteiger partial charge is 0.276 e. The van der Waals surface area contributed by atoms with Gasteiger partial charge in [-0.05, 0) is 52.6 Å². The summed E-state index contributed by atoms with van der Waals surface area (Å²) < 4.78 is 7.83. The van der Waals surface area contributed by atoms with Crippen molar-refractivity contribution in [1.82, 2.24) is 25.2 Å². The van der Waals surface area contributed by atoms with E-state index in [1.54, 1.807) is 0 Å². The summed E-state index contributed by atoms with van der Waals surface area (Å²) in [7, 11) is 0. The molecule has 1 aliphatic carbocycles. The molecule has 2 aliphatic rings. The number of aromatic nitrogens is 3. The molecule has 1 aromatic heterocycles. The van der Waals surface area contributed by atoms with Gasteiger partial charge in [0, 0.05) is 24.6 Å². The number of nitrogens with zero attached hydrogens (tertiary/aromatic N) is 4. The summed E-state index contributed by atoms with van der Waals surface area (Å²) in [6.07, 6.45) is 4.10. The molecule has 0 unspecified atom stereocenters. The van der Waals surface area contributed by atoms with Crippen LogP contribution in [-0.2, 0) is 4.74 Å². The Bertz CT molecular complexity index is 651. The normalized spacial score (nSPS) is 25.2. The Balaban J connectivity index is 1.79. The molecule has 0 aromatic carbocycles. The van der Waals surface area contributed by atoms with Crippen molar-refractivity contribution in [3.8, 4) is 0 Å². The lowest BCUT2D eigenvalue weighted by atomic mass is 9.63. The molecule has 1 saturated carbocycles. The highest BCUT2D eigenvalue weighted by Crippen LogP contribution is 2.46. The first kappa shape index (κ1) is 20.3. The molecular weight excluding hydrogens is 342 g/mol. The van der Waals surface area contributed by atoms with Gasteiger partial charge in [-0.2, -0.15) is 0 Å². The number of hydrogen-bond acceptors (Lipinski definition) is 5. The third-order valence-corrected chi connectivity index (χ3v) is 6.38. The Kier molecular flexibility index (Phi) is 6.21. The van der Waals surface area contributed by atoms with Crippen LogP contribution in [0.5, 0.6) is 0 Å². The molecule has 2 heterocycles. The van der Waals surface area contributed by atoms with Gasteiger partial charge in [-0.1, -0.05) is 26.0 Å². The van der Waals surface area contributed by atoms with Gasteiger partial charge in [0.2, 0.25) is 0 Å². The molecule has 2 atom stereocenters. The van der Waals surface area contributed by atoms with Gasteiger partial charge in [-0.25, -0.2) is 4.68 Å². The Morgan fingerprint density at radius 3 is 2.63 bits per heavy atom. The van der Waals surface area contributed by atoms with Crippen LogP contribution in [0.1, 0.15) is 75.6 Å². The zero-order chi connectivity index (χ0) is 19.6. The second-order valence-electron chi connectivity index (χ2n) is 8.46. The molecule has 1 aliphatic heterocycles. The average Bonchev–Trinajstić information content (AvgIpc) is 3.05. The molecular formula is C20H35N5O2. The van der Waals surface area contributed by atoms with Gasteiger partial charge in [0.15, 0.2) is 5.69 Å². The second kappa shape index (κ2) is 8.27. The van der Waals surface area contributed by atoms with Crippen molar-refractivity contribution < 1.29 is 9.53 Å². The fourth-order valence-corrected chi connectivity index (χ4v) is 4.59. The monoisotopic (exact) mass is 377 g/mol. The number of nitrogens with one attached hydrogen (secondary N) is 1. The number of carbonyl (C=O) groups excluding carboxylic acids is 1. The third-order valence-electron chi connectivity index (χ3n) is 6.38. The van der Waals surface area contributed by atoms with Crippen LogP contribution < -0.4 is 5.32 Å². The molecule has 3 rings (SSSR count). The molecule has 1 saturated heterocycles. The quantitative estimate of drug-likeness (QED) is 0.791. The SMILES string of the molecule is CCCN(C(=O)c1nnn(C2CCNCC2)c1C)[C@H]1C[C@@H](OCC)C1(C)C. The van der Waals surface area contributed by atoms with E-state index in [1.165, 1.54) is 0 Å². The summed E-state index contributed by atoms with van der Waals surface area (Å²) in [6.45, 7) is 14.0. The fraction of sp³-hybridized carbons (Fsp3) is 0.850. The lowest BCUT2D eigenvalue weighted by Gasteiger charge is -2.55. The van der Waals surface area contributed by atoms with Crippen molar-refractivity contribution in [1.29, 1.82) is 0 Å². The number of ether oxygens (including phenoxy) is 1. The Morgan fingerprint density at radius 1 is 1.33 bits per heavy atom. The van der Waals surface area contributed by atoms with Gasteiger partial charge in [-0.3, -0.25) is 4.79 Å². The molecule has 152 valence electrons. The van der Waals surface area contributed by atoms with Crippen LogP contribution in [0.4, 0.5) is 0 Å². The van der Waals surface area contributed by atoms with Crippen molar-refractivity contribution in [3.05, 3.63) is 11.4 Å².